The molecule has 146 valence electrons. The van der Waals surface area contributed by atoms with Gasteiger partial charge in [-0.1, -0.05) is 5.10 Å². The third-order valence-corrected chi connectivity index (χ3v) is 3.94. The van der Waals surface area contributed by atoms with Gasteiger partial charge in [0, 0.05) is 12.1 Å². The molecule has 3 rings (SSSR count). The lowest BCUT2D eigenvalue weighted by Gasteiger charge is -2.09. The summed E-state index contributed by atoms with van der Waals surface area (Å²) < 4.78 is 26.4. The average Bonchev–Trinajstić information content (AvgIpc) is 3.20. The van der Waals surface area contributed by atoms with Crippen LogP contribution in [-0.2, 0) is 0 Å². The lowest BCUT2D eigenvalue weighted by Crippen LogP contribution is -2.13. The summed E-state index contributed by atoms with van der Waals surface area (Å²) in [4.78, 5) is 12.5. The summed E-state index contributed by atoms with van der Waals surface area (Å²) in [5.74, 6) is 1.78. The van der Waals surface area contributed by atoms with Crippen molar-refractivity contribution in [2.45, 2.75) is 0 Å². The highest BCUT2D eigenvalue weighted by Gasteiger charge is 2.18. The Morgan fingerprint density at radius 1 is 0.857 bits per heavy atom. The number of carbonyl (C=O) groups excluding carboxylic acids is 1. The van der Waals surface area contributed by atoms with Gasteiger partial charge >= 0.3 is 6.01 Å². The smallest absolute Gasteiger partial charge is 0.322 e. The molecule has 0 radical (unpaired) electrons. The second-order valence-corrected chi connectivity index (χ2v) is 5.50. The van der Waals surface area contributed by atoms with Crippen LogP contribution >= 0.6 is 0 Å². The molecule has 28 heavy (non-hydrogen) atoms. The second kappa shape index (κ2) is 8.30. The van der Waals surface area contributed by atoms with E-state index < -0.39 is 5.91 Å². The van der Waals surface area contributed by atoms with Gasteiger partial charge in [0.25, 0.3) is 11.8 Å². The highest BCUT2D eigenvalue weighted by Crippen LogP contribution is 2.33. The molecule has 9 heteroatoms. The van der Waals surface area contributed by atoms with E-state index in [1.165, 1.54) is 21.3 Å². The predicted molar refractivity (Wildman–Crippen MR) is 100 cm³/mol. The topological polar surface area (TPSA) is 105 Å². The first-order valence-corrected chi connectivity index (χ1v) is 8.19. The van der Waals surface area contributed by atoms with Crippen LogP contribution in [0.5, 0.6) is 23.0 Å². The molecule has 1 heterocycles. The van der Waals surface area contributed by atoms with Gasteiger partial charge in [-0.25, -0.2) is 0 Å². The average molecular weight is 385 g/mol. The van der Waals surface area contributed by atoms with Crippen molar-refractivity contribution in [2.24, 2.45) is 0 Å². The molecule has 9 nitrogen and oxygen atoms in total. The lowest BCUT2D eigenvalue weighted by molar-refractivity contribution is 0.102. The van der Waals surface area contributed by atoms with Crippen molar-refractivity contribution >= 4 is 11.9 Å². The first-order valence-electron chi connectivity index (χ1n) is 8.19. The van der Waals surface area contributed by atoms with Gasteiger partial charge < -0.3 is 23.4 Å². The number of methoxy groups -OCH3 is 4. The van der Waals surface area contributed by atoms with Crippen LogP contribution in [0.1, 0.15) is 10.4 Å². The van der Waals surface area contributed by atoms with E-state index in [0.29, 0.717) is 34.1 Å². The quantitative estimate of drug-likeness (QED) is 0.662. The summed E-state index contributed by atoms with van der Waals surface area (Å²) in [6.45, 7) is 0. The number of nitrogens with one attached hydrogen (secondary N) is 1. The maximum Gasteiger partial charge on any atom is 0.322 e. The molecule has 0 fully saturated rings. The van der Waals surface area contributed by atoms with E-state index in [-0.39, 0.29) is 11.9 Å². The molecule has 0 atom stereocenters. The molecule has 0 aliphatic carbocycles. The zero-order chi connectivity index (χ0) is 20.1. The molecular weight excluding hydrogens is 366 g/mol. The number of rotatable bonds is 7. The molecule has 2 aromatic carbocycles. The van der Waals surface area contributed by atoms with Gasteiger partial charge in [0.1, 0.15) is 23.0 Å². The van der Waals surface area contributed by atoms with E-state index in [1.54, 1.807) is 43.5 Å². The number of hydrogen-bond donors (Lipinski definition) is 1. The van der Waals surface area contributed by atoms with Crippen molar-refractivity contribution in [2.75, 3.05) is 33.8 Å². The predicted octanol–water partition coefficient (Wildman–Crippen LogP) is 3.02. The number of amides is 1. The maximum atomic E-state index is 12.5. The van der Waals surface area contributed by atoms with Gasteiger partial charge in [0.05, 0.1) is 39.6 Å². The van der Waals surface area contributed by atoms with Crippen LogP contribution in [0.3, 0.4) is 0 Å². The van der Waals surface area contributed by atoms with E-state index in [4.69, 9.17) is 23.4 Å². The Morgan fingerprint density at radius 3 is 2.14 bits per heavy atom. The van der Waals surface area contributed by atoms with Crippen molar-refractivity contribution in [1.29, 1.82) is 0 Å². The molecule has 1 aromatic heterocycles. The highest BCUT2D eigenvalue weighted by molar-refractivity contribution is 6.05. The number of carbonyl (C=O) groups is 1. The van der Waals surface area contributed by atoms with E-state index in [2.05, 4.69) is 15.5 Å². The molecule has 0 saturated heterocycles. The van der Waals surface area contributed by atoms with Crippen LogP contribution in [0.4, 0.5) is 6.01 Å². The van der Waals surface area contributed by atoms with Crippen molar-refractivity contribution in [1.82, 2.24) is 10.2 Å². The minimum absolute atomic E-state index is 0.0595. The fraction of sp³-hybridized carbons (Fsp3) is 0.211. The first kappa shape index (κ1) is 19.0. The van der Waals surface area contributed by atoms with Crippen LogP contribution < -0.4 is 24.3 Å². The Labute approximate surface area is 161 Å². The Morgan fingerprint density at radius 2 is 1.50 bits per heavy atom. The van der Waals surface area contributed by atoms with E-state index >= 15 is 0 Å². The summed E-state index contributed by atoms with van der Waals surface area (Å²) in [5, 5.41) is 10.4. The van der Waals surface area contributed by atoms with Crippen LogP contribution in [0, 0.1) is 0 Å². The van der Waals surface area contributed by atoms with E-state index in [9.17, 15) is 4.79 Å². The molecule has 0 saturated carbocycles. The van der Waals surface area contributed by atoms with Crippen LogP contribution in [0.25, 0.3) is 11.5 Å². The largest absolute Gasteiger partial charge is 0.497 e. The van der Waals surface area contributed by atoms with E-state index in [0.717, 1.165) is 0 Å². The fourth-order valence-electron chi connectivity index (χ4n) is 2.51. The highest BCUT2D eigenvalue weighted by atomic mass is 16.5. The molecule has 0 unspecified atom stereocenters. The summed E-state index contributed by atoms with van der Waals surface area (Å²) in [5.41, 5.74) is 0.864. The number of aromatic nitrogens is 2. The zero-order valence-electron chi connectivity index (χ0n) is 15.8. The molecule has 0 aliphatic heterocycles. The number of nitrogens with zero attached hydrogens (tertiary/aromatic N) is 2. The van der Waals surface area contributed by atoms with Crippen molar-refractivity contribution in [3.05, 3.63) is 42.0 Å². The lowest BCUT2D eigenvalue weighted by atomic mass is 10.2. The minimum Gasteiger partial charge on any atom is -0.497 e. The Balaban J connectivity index is 1.83. The molecule has 0 aliphatic rings. The molecule has 3 aromatic rings. The second-order valence-electron chi connectivity index (χ2n) is 5.50. The standard InChI is InChI=1S/C19H19N3O6/c1-24-11-5-7-13(15(9-11)26-3)17(23)20-19-22-21-18(28-19)14-8-6-12(25-2)10-16(14)27-4/h5-10H,1-4H3,(H,20,22,23). The van der Waals surface area contributed by atoms with Gasteiger partial charge in [-0.2, -0.15) is 0 Å². The SMILES string of the molecule is COc1ccc(C(=O)Nc2nnc(-c3ccc(OC)cc3OC)o2)c(OC)c1. The van der Waals surface area contributed by atoms with Crippen LogP contribution in [0.15, 0.2) is 40.8 Å². The fourth-order valence-corrected chi connectivity index (χ4v) is 2.51. The number of ether oxygens (including phenoxy) is 4. The van der Waals surface area contributed by atoms with E-state index in [1.807, 2.05) is 0 Å². The van der Waals surface area contributed by atoms with Crippen molar-refractivity contribution in [3.63, 3.8) is 0 Å². The molecule has 0 bridgehead atoms. The monoisotopic (exact) mass is 385 g/mol. The minimum atomic E-state index is -0.462. The van der Waals surface area contributed by atoms with Gasteiger partial charge in [0.15, 0.2) is 0 Å². The maximum absolute atomic E-state index is 12.5. The molecule has 1 amide bonds. The Kier molecular flexibility index (Phi) is 5.64. The summed E-state index contributed by atoms with van der Waals surface area (Å²) >= 11 is 0. The molecule has 0 spiro atoms. The number of benzene rings is 2. The number of hydrogen-bond acceptors (Lipinski definition) is 8. The Hall–Kier alpha value is -3.75. The van der Waals surface area contributed by atoms with Gasteiger partial charge in [0.2, 0.25) is 0 Å². The zero-order valence-corrected chi connectivity index (χ0v) is 15.8. The Bertz CT molecular complexity index is 986. The third-order valence-electron chi connectivity index (χ3n) is 3.94. The van der Waals surface area contributed by atoms with Gasteiger partial charge in [-0.3, -0.25) is 10.1 Å². The first-order chi connectivity index (χ1) is 13.6. The summed E-state index contributed by atoms with van der Waals surface area (Å²) in [6.07, 6.45) is 0. The molecule has 1 N–H and O–H groups in total. The third kappa shape index (κ3) is 3.83. The van der Waals surface area contributed by atoms with Gasteiger partial charge in [-0.15, -0.1) is 5.10 Å². The molecular formula is C19H19N3O6. The van der Waals surface area contributed by atoms with Crippen LogP contribution in [0.2, 0.25) is 0 Å². The van der Waals surface area contributed by atoms with Gasteiger partial charge in [-0.05, 0) is 24.3 Å². The van der Waals surface area contributed by atoms with Crippen molar-refractivity contribution in [3.8, 4) is 34.5 Å². The summed E-state index contributed by atoms with van der Waals surface area (Å²) in [6, 6.07) is 9.94. The normalized spacial score (nSPS) is 10.3. The van der Waals surface area contributed by atoms with Crippen LogP contribution in [-0.4, -0.2) is 44.5 Å². The van der Waals surface area contributed by atoms with Crippen molar-refractivity contribution < 1.29 is 28.2 Å². The summed E-state index contributed by atoms with van der Waals surface area (Å²) in [7, 11) is 6.07. The number of anilines is 1.